The third kappa shape index (κ3) is 4.58. The Hall–Kier alpha value is -2.92. The van der Waals surface area contributed by atoms with E-state index in [2.05, 4.69) is 34.4 Å². The number of nitrogens with zero attached hydrogens (tertiary/aromatic N) is 2. The van der Waals surface area contributed by atoms with Crippen molar-refractivity contribution in [1.82, 2.24) is 9.97 Å². The molecule has 0 radical (unpaired) electrons. The fourth-order valence-corrected chi connectivity index (χ4v) is 2.59. The summed E-state index contributed by atoms with van der Waals surface area (Å²) in [6.07, 6.45) is 0. The zero-order valence-electron chi connectivity index (χ0n) is 15.1. The number of aromatic nitrogens is 2. The number of para-hydroxylation sites is 1. The molecule has 0 saturated carbocycles. The summed E-state index contributed by atoms with van der Waals surface area (Å²) in [6, 6.07) is 21.7. The van der Waals surface area contributed by atoms with Crippen LogP contribution in [-0.4, -0.2) is 27.7 Å². The van der Waals surface area contributed by atoms with E-state index >= 15 is 0 Å². The first-order valence-corrected chi connectivity index (χ1v) is 8.79. The maximum Gasteiger partial charge on any atom is 0.225 e. The number of aliphatic hydroxyl groups is 1. The second kappa shape index (κ2) is 8.45. The molecule has 3 rings (SSSR count). The van der Waals surface area contributed by atoms with Crippen molar-refractivity contribution in [3.8, 4) is 11.3 Å². The minimum Gasteiger partial charge on any atom is -0.394 e. The molecule has 0 aliphatic rings. The van der Waals surface area contributed by atoms with Gasteiger partial charge < -0.3 is 15.7 Å². The molecule has 3 N–H and O–H groups in total. The Morgan fingerprint density at radius 1 is 0.923 bits per heavy atom. The van der Waals surface area contributed by atoms with Gasteiger partial charge in [0.25, 0.3) is 0 Å². The average molecular weight is 348 g/mol. The van der Waals surface area contributed by atoms with Crippen LogP contribution in [-0.2, 0) is 0 Å². The van der Waals surface area contributed by atoms with Crippen LogP contribution in [0.1, 0.15) is 13.8 Å². The van der Waals surface area contributed by atoms with Gasteiger partial charge in [-0.15, -0.1) is 0 Å². The summed E-state index contributed by atoms with van der Waals surface area (Å²) in [6.45, 7) is 4.13. The quantitative estimate of drug-likeness (QED) is 0.593. The minimum atomic E-state index is -0.106. The SMILES string of the molecule is CC(C)[C@H](CO)Nc1nc(Nc2ccccc2)cc(-c2ccccc2)n1. The summed E-state index contributed by atoms with van der Waals surface area (Å²) in [4.78, 5) is 9.22. The van der Waals surface area contributed by atoms with Crippen molar-refractivity contribution in [3.63, 3.8) is 0 Å². The molecule has 5 heteroatoms. The second-order valence-electron chi connectivity index (χ2n) is 6.50. The van der Waals surface area contributed by atoms with Gasteiger partial charge in [-0.1, -0.05) is 62.4 Å². The third-order valence-corrected chi connectivity index (χ3v) is 4.16. The molecule has 3 aromatic rings. The molecule has 0 bridgehead atoms. The second-order valence-corrected chi connectivity index (χ2v) is 6.50. The van der Waals surface area contributed by atoms with E-state index in [1.807, 2.05) is 66.7 Å². The molecule has 134 valence electrons. The van der Waals surface area contributed by atoms with Crippen LogP contribution in [0.25, 0.3) is 11.3 Å². The van der Waals surface area contributed by atoms with Gasteiger partial charge in [0.1, 0.15) is 5.82 Å². The lowest BCUT2D eigenvalue weighted by atomic mass is 10.1. The van der Waals surface area contributed by atoms with E-state index in [0.717, 1.165) is 16.9 Å². The molecule has 0 amide bonds. The smallest absolute Gasteiger partial charge is 0.225 e. The summed E-state index contributed by atoms with van der Waals surface area (Å²) in [5.41, 5.74) is 2.79. The highest BCUT2D eigenvalue weighted by atomic mass is 16.3. The molecule has 1 heterocycles. The van der Waals surface area contributed by atoms with Gasteiger partial charge in [-0.25, -0.2) is 4.98 Å². The number of nitrogens with one attached hydrogen (secondary N) is 2. The van der Waals surface area contributed by atoms with Crippen molar-refractivity contribution < 1.29 is 5.11 Å². The normalized spacial score (nSPS) is 12.0. The topological polar surface area (TPSA) is 70.1 Å². The molecule has 5 nitrogen and oxygen atoms in total. The van der Waals surface area contributed by atoms with Crippen LogP contribution in [0.3, 0.4) is 0 Å². The van der Waals surface area contributed by atoms with E-state index < -0.39 is 0 Å². The van der Waals surface area contributed by atoms with Gasteiger partial charge >= 0.3 is 0 Å². The van der Waals surface area contributed by atoms with Gasteiger partial charge in [0.2, 0.25) is 5.95 Å². The number of benzene rings is 2. The van der Waals surface area contributed by atoms with Crippen molar-refractivity contribution in [3.05, 3.63) is 66.7 Å². The third-order valence-electron chi connectivity index (χ3n) is 4.16. The lowest BCUT2D eigenvalue weighted by molar-refractivity contribution is 0.248. The largest absolute Gasteiger partial charge is 0.394 e. The van der Waals surface area contributed by atoms with Crippen LogP contribution in [0.15, 0.2) is 66.7 Å². The van der Waals surface area contributed by atoms with E-state index in [0.29, 0.717) is 11.8 Å². The van der Waals surface area contributed by atoms with Crippen molar-refractivity contribution in [2.75, 3.05) is 17.2 Å². The minimum absolute atomic E-state index is 0.0258. The summed E-state index contributed by atoms with van der Waals surface area (Å²) < 4.78 is 0. The number of hydrogen-bond donors (Lipinski definition) is 3. The first kappa shape index (κ1) is 17.9. The van der Waals surface area contributed by atoms with E-state index in [1.54, 1.807) is 0 Å². The Bertz CT molecular complexity index is 822. The zero-order chi connectivity index (χ0) is 18.4. The van der Waals surface area contributed by atoms with Crippen LogP contribution >= 0.6 is 0 Å². The van der Waals surface area contributed by atoms with Crippen LogP contribution in [0, 0.1) is 5.92 Å². The Labute approximate surface area is 154 Å². The summed E-state index contributed by atoms with van der Waals surface area (Å²) >= 11 is 0. The van der Waals surface area contributed by atoms with E-state index in [-0.39, 0.29) is 18.6 Å². The average Bonchev–Trinajstić information content (AvgIpc) is 2.67. The van der Waals surface area contributed by atoms with E-state index in [4.69, 9.17) is 0 Å². The van der Waals surface area contributed by atoms with Crippen LogP contribution in [0.5, 0.6) is 0 Å². The first-order chi connectivity index (χ1) is 12.7. The molecule has 0 saturated heterocycles. The summed E-state index contributed by atoms with van der Waals surface area (Å²) in [5.74, 6) is 1.46. The van der Waals surface area contributed by atoms with Crippen LogP contribution in [0.2, 0.25) is 0 Å². The number of anilines is 3. The Kier molecular flexibility index (Phi) is 5.81. The molecule has 26 heavy (non-hydrogen) atoms. The van der Waals surface area contributed by atoms with Crippen molar-refractivity contribution in [1.29, 1.82) is 0 Å². The number of rotatable bonds is 7. The lowest BCUT2D eigenvalue weighted by Crippen LogP contribution is -2.30. The van der Waals surface area contributed by atoms with Gasteiger partial charge in [-0.05, 0) is 18.1 Å². The fourth-order valence-electron chi connectivity index (χ4n) is 2.59. The summed E-state index contributed by atoms with van der Waals surface area (Å²) in [7, 11) is 0. The highest BCUT2D eigenvalue weighted by molar-refractivity contribution is 5.67. The van der Waals surface area contributed by atoms with Gasteiger partial charge in [-0.2, -0.15) is 4.98 Å². The predicted octanol–water partition coefficient (Wildman–Crippen LogP) is 4.32. The monoisotopic (exact) mass is 348 g/mol. The zero-order valence-corrected chi connectivity index (χ0v) is 15.1. The summed E-state index contributed by atoms with van der Waals surface area (Å²) in [5, 5.41) is 16.2. The van der Waals surface area contributed by atoms with E-state index in [1.165, 1.54) is 0 Å². The van der Waals surface area contributed by atoms with Gasteiger partial charge in [0, 0.05) is 17.3 Å². The maximum absolute atomic E-state index is 9.61. The molecule has 0 unspecified atom stereocenters. The molecule has 0 aliphatic carbocycles. The fraction of sp³-hybridized carbons (Fsp3) is 0.238. The molecular weight excluding hydrogens is 324 g/mol. The van der Waals surface area contributed by atoms with Crippen molar-refractivity contribution in [2.45, 2.75) is 19.9 Å². The van der Waals surface area contributed by atoms with Crippen LogP contribution < -0.4 is 10.6 Å². The Morgan fingerprint density at radius 2 is 1.58 bits per heavy atom. The maximum atomic E-state index is 9.61. The molecule has 2 aromatic carbocycles. The molecule has 0 aliphatic heterocycles. The van der Waals surface area contributed by atoms with Gasteiger partial charge in [0.15, 0.2) is 0 Å². The number of aliphatic hydroxyl groups excluding tert-OH is 1. The molecule has 0 spiro atoms. The lowest BCUT2D eigenvalue weighted by Gasteiger charge is -2.20. The standard InChI is InChI=1S/C21H24N4O/c1-15(2)19(14-26)24-21-23-18(16-9-5-3-6-10-16)13-20(25-21)22-17-11-7-4-8-12-17/h3-13,15,19,26H,14H2,1-2H3,(H2,22,23,24,25)/t19-/m0/s1. The number of hydrogen-bond acceptors (Lipinski definition) is 5. The molecular formula is C21H24N4O. The van der Waals surface area contributed by atoms with E-state index in [9.17, 15) is 5.11 Å². The van der Waals surface area contributed by atoms with Gasteiger partial charge in [-0.3, -0.25) is 0 Å². The Balaban J connectivity index is 1.96. The van der Waals surface area contributed by atoms with Crippen molar-refractivity contribution in [2.24, 2.45) is 5.92 Å². The highest BCUT2D eigenvalue weighted by Gasteiger charge is 2.15. The molecule has 0 fully saturated rings. The highest BCUT2D eigenvalue weighted by Crippen LogP contribution is 2.24. The van der Waals surface area contributed by atoms with Gasteiger partial charge in [0.05, 0.1) is 18.3 Å². The Morgan fingerprint density at radius 3 is 2.19 bits per heavy atom. The van der Waals surface area contributed by atoms with Crippen molar-refractivity contribution >= 4 is 17.5 Å². The predicted molar refractivity (Wildman–Crippen MR) is 107 cm³/mol. The first-order valence-electron chi connectivity index (χ1n) is 8.79. The molecule has 1 aromatic heterocycles. The molecule has 1 atom stereocenters. The van der Waals surface area contributed by atoms with Crippen LogP contribution in [0.4, 0.5) is 17.5 Å².